The molecule has 1 aliphatic heterocycles. The zero-order chi connectivity index (χ0) is 13.7. The summed E-state index contributed by atoms with van der Waals surface area (Å²) in [7, 11) is 0. The van der Waals surface area contributed by atoms with Crippen LogP contribution in [0, 0.1) is 0 Å². The molecule has 0 amide bonds. The second-order valence-corrected chi connectivity index (χ2v) is 5.02. The molecule has 19 heavy (non-hydrogen) atoms. The largest absolute Gasteiger partial charge is 0.493 e. The van der Waals surface area contributed by atoms with Crippen LogP contribution in [0.15, 0.2) is 24.3 Å². The van der Waals surface area contributed by atoms with Crippen molar-refractivity contribution in [3.8, 4) is 5.75 Å². The van der Waals surface area contributed by atoms with E-state index >= 15 is 0 Å². The molecule has 1 saturated heterocycles. The van der Waals surface area contributed by atoms with Crippen molar-refractivity contribution < 1.29 is 14.6 Å². The van der Waals surface area contributed by atoms with E-state index in [1.54, 1.807) is 0 Å². The number of aliphatic hydroxyl groups is 1. The fourth-order valence-electron chi connectivity index (χ4n) is 2.46. The monoisotopic (exact) mass is 265 g/mol. The van der Waals surface area contributed by atoms with Gasteiger partial charge in [0, 0.05) is 17.6 Å². The van der Waals surface area contributed by atoms with E-state index in [0.29, 0.717) is 25.7 Å². The molecule has 1 fully saturated rings. The van der Waals surface area contributed by atoms with Gasteiger partial charge in [0.05, 0.1) is 25.9 Å². The summed E-state index contributed by atoms with van der Waals surface area (Å²) in [6.07, 6.45) is 0.100. The molecule has 2 N–H and O–H groups in total. The van der Waals surface area contributed by atoms with Crippen LogP contribution in [0.2, 0.25) is 0 Å². The molecule has 3 unspecified atom stereocenters. The normalized spacial score (nSPS) is 25.0. The van der Waals surface area contributed by atoms with Gasteiger partial charge in [-0.2, -0.15) is 0 Å². The molecular formula is C15H23NO3. The molecular weight excluding hydrogens is 242 g/mol. The molecule has 0 bridgehead atoms. The highest BCUT2D eigenvalue weighted by atomic mass is 16.5. The van der Waals surface area contributed by atoms with E-state index in [1.807, 2.05) is 31.2 Å². The van der Waals surface area contributed by atoms with Gasteiger partial charge in [-0.15, -0.1) is 0 Å². The molecule has 106 valence electrons. The standard InChI is InChI=1S/C15H23NO3/c1-3-19-15-7-5-4-6-13(15)14(17)8-12-10-18-9-11(2)16-12/h4-7,11-12,14,16-17H,3,8-10H2,1-2H3. The molecule has 4 heteroatoms. The van der Waals surface area contributed by atoms with Gasteiger partial charge >= 0.3 is 0 Å². The molecule has 1 aromatic carbocycles. The first-order chi connectivity index (χ1) is 9.20. The lowest BCUT2D eigenvalue weighted by Crippen LogP contribution is -2.47. The Hall–Kier alpha value is -1.10. The minimum Gasteiger partial charge on any atom is -0.493 e. The van der Waals surface area contributed by atoms with Crippen molar-refractivity contribution in [2.75, 3.05) is 19.8 Å². The number of para-hydroxylation sites is 1. The average Bonchev–Trinajstić information content (AvgIpc) is 2.39. The van der Waals surface area contributed by atoms with Crippen LogP contribution >= 0.6 is 0 Å². The number of rotatable bonds is 5. The first-order valence-electron chi connectivity index (χ1n) is 6.94. The molecule has 2 rings (SSSR count). The van der Waals surface area contributed by atoms with Gasteiger partial charge in [0.2, 0.25) is 0 Å². The Labute approximate surface area is 114 Å². The highest BCUT2D eigenvalue weighted by Gasteiger charge is 2.23. The number of hydrogen-bond acceptors (Lipinski definition) is 4. The van der Waals surface area contributed by atoms with Crippen LogP contribution in [-0.2, 0) is 4.74 Å². The van der Waals surface area contributed by atoms with E-state index in [9.17, 15) is 5.11 Å². The molecule has 1 aromatic rings. The number of nitrogens with one attached hydrogen (secondary N) is 1. The van der Waals surface area contributed by atoms with Crippen molar-refractivity contribution in [1.82, 2.24) is 5.32 Å². The van der Waals surface area contributed by atoms with Crippen LogP contribution in [0.1, 0.15) is 31.9 Å². The fourth-order valence-corrected chi connectivity index (χ4v) is 2.46. The first kappa shape index (κ1) is 14.3. The van der Waals surface area contributed by atoms with E-state index in [1.165, 1.54) is 0 Å². The number of morpholine rings is 1. The van der Waals surface area contributed by atoms with E-state index in [2.05, 4.69) is 12.2 Å². The highest BCUT2D eigenvalue weighted by Crippen LogP contribution is 2.28. The van der Waals surface area contributed by atoms with Gasteiger partial charge < -0.3 is 19.9 Å². The number of benzene rings is 1. The predicted molar refractivity (Wildman–Crippen MR) is 74.4 cm³/mol. The number of ether oxygens (including phenoxy) is 2. The maximum absolute atomic E-state index is 10.4. The first-order valence-corrected chi connectivity index (χ1v) is 6.94. The Kier molecular flexibility index (Phi) is 5.19. The van der Waals surface area contributed by atoms with E-state index in [0.717, 1.165) is 17.9 Å². The van der Waals surface area contributed by atoms with Crippen LogP contribution in [0.4, 0.5) is 0 Å². The summed E-state index contributed by atoms with van der Waals surface area (Å²) in [5, 5.41) is 13.8. The Bertz CT molecular complexity index is 397. The minimum atomic E-state index is -0.533. The van der Waals surface area contributed by atoms with Gasteiger partial charge in [-0.1, -0.05) is 18.2 Å². The fraction of sp³-hybridized carbons (Fsp3) is 0.600. The summed E-state index contributed by atoms with van der Waals surface area (Å²) in [4.78, 5) is 0. The Balaban J connectivity index is 2.00. The van der Waals surface area contributed by atoms with Gasteiger partial charge in [0.1, 0.15) is 5.75 Å². The molecule has 1 aliphatic rings. The van der Waals surface area contributed by atoms with Crippen LogP contribution in [0.3, 0.4) is 0 Å². The lowest BCUT2D eigenvalue weighted by Gasteiger charge is -2.30. The van der Waals surface area contributed by atoms with Crippen molar-refractivity contribution in [2.24, 2.45) is 0 Å². The zero-order valence-electron chi connectivity index (χ0n) is 11.6. The second kappa shape index (κ2) is 6.89. The van der Waals surface area contributed by atoms with Crippen molar-refractivity contribution in [3.05, 3.63) is 29.8 Å². The van der Waals surface area contributed by atoms with Crippen molar-refractivity contribution in [2.45, 2.75) is 38.5 Å². The SMILES string of the molecule is CCOc1ccccc1C(O)CC1COCC(C)N1. The molecule has 0 aliphatic carbocycles. The van der Waals surface area contributed by atoms with Crippen LogP contribution in [0.25, 0.3) is 0 Å². The molecule has 0 spiro atoms. The average molecular weight is 265 g/mol. The van der Waals surface area contributed by atoms with E-state index < -0.39 is 6.10 Å². The number of hydrogen-bond donors (Lipinski definition) is 2. The van der Waals surface area contributed by atoms with Gasteiger partial charge in [-0.25, -0.2) is 0 Å². The second-order valence-electron chi connectivity index (χ2n) is 5.02. The van der Waals surface area contributed by atoms with Crippen molar-refractivity contribution in [3.63, 3.8) is 0 Å². The van der Waals surface area contributed by atoms with E-state index in [-0.39, 0.29) is 6.04 Å². The van der Waals surface area contributed by atoms with E-state index in [4.69, 9.17) is 9.47 Å². The molecule has 0 aromatic heterocycles. The molecule has 1 heterocycles. The van der Waals surface area contributed by atoms with Crippen LogP contribution < -0.4 is 10.1 Å². The zero-order valence-corrected chi connectivity index (χ0v) is 11.6. The summed E-state index contributed by atoms with van der Waals surface area (Å²) in [5.41, 5.74) is 0.851. The van der Waals surface area contributed by atoms with Crippen LogP contribution in [-0.4, -0.2) is 37.0 Å². The number of aliphatic hydroxyl groups excluding tert-OH is 1. The maximum Gasteiger partial charge on any atom is 0.125 e. The molecule has 3 atom stereocenters. The topological polar surface area (TPSA) is 50.7 Å². The summed E-state index contributed by atoms with van der Waals surface area (Å²) in [5.74, 6) is 0.766. The predicted octanol–water partition coefficient (Wildman–Crippen LogP) is 1.89. The highest BCUT2D eigenvalue weighted by molar-refractivity contribution is 5.35. The lowest BCUT2D eigenvalue weighted by molar-refractivity contribution is 0.0300. The third-order valence-corrected chi connectivity index (χ3v) is 3.29. The van der Waals surface area contributed by atoms with Gasteiger partial charge in [0.25, 0.3) is 0 Å². The van der Waals surface area contributed by atoms with Gasteiger partial charge in [0.15, 0.2) is 0 Å². The Morgan fingerprint density at radius 1 is 1.42 bits per heavy atom. The Morgan fingerprint density at radius 2 is 2.21 bits per heavy atom. The summed E-state index contributed by atoms with van der Waals surface area (Å²) in [6, 6.07) is 8.19. The van der Waals surface area contributed by atoms with Crippen molar-refractivity contribution in [1.29, 1.82) is 0 Å². The third kappa shape index (κ3) is 3.93. The molecule has 4 nitrogen and oxygen atoms in total. The van der Waals surface area contributed by atoms with Crippen molar-refractivity contribution >= 4 is 0 Å². The van der Waals surface area contributed by atoms with Crippen LogP contribution in [0.5, 0.6) is 5.75 Å². The lowest BCUT2D eigenvalue weighted by atomic mass is 10.0. The summed E-state index contributed by atoms with van der Waals surface area (Å²) >= 11 is 0. The molecule has 0 saturated carbocycles. The smallest absolute Gasteiger partial charge is 0.125 e. The summed E-state index contributed by atoms with van der Waals surface area (Å²) in [6.45, 7) is 6.03. The quantitative estimate of drug-likeness (QED) is 0.853. The van der Waals surface area contributed by atoms with Gasteiger partial charge in [-0.05, 0) is 26.3 Å². The minimum absolute atomic E-state index is 0.188. The van der Waals surface area contributed by atoms with Gasteiger partial charge in [-0.3, -0.25) is 0 Å². The third-order valence-electron chi connectivity index (χ3n) is 3.29. The molecule has 0 radical (unpaired) electrons. The Morgan fingerprint density at radius 3 is 2.95 bits per heavy atom. The maximum atomic E-state index is 10.4. The summed E-state index contributed by atoms with van der Waals surface area (Å²) < 4.78 is 11.1.